The van der Waals surface area contributed by atoms with Gasteiger partial charge >= 0.3 is 0 Å². The maximum absolute atomic E-state index is 7.84. The molecular formula is C59H52IrN4OSi-2. The third kappa shape index (κ3) is 8.44. The molecule has 0 amide bonds. The third-order valence-corrected chi connectivity index (χ3v) is 14.4. The van der Waals surface area contributed by atoms with E-state index in [0.29, 0.717) is 5.52 Å². The van der Waals surface area contributed by atoms with E-state index < -0.39 is 14.9 Å². The number of furan rings is 1. The van der Waals surface area contributed by atoms with E-state index in [1.807, 2.05) is 66.9 Å². The van der Waals surface area contributed by atoms with E-state index >= 15 is 0 Å². The minimum atomic E-state index is -2.27. The number of pyridine rings is 2. The Labute approximate surface area is 406 Å². The molecule has 0 saturated heterocycles. The molecule has 0 fully saturated rings. The largest absolute Gasteiger partial charge is 0.501 e. The SMILES string of the molecule is C[Si](C)(C)c1ccc(-c2[c-]cccc2)nc1.[2H]C([2H])([2H])c1ccc2cc3cc4oc5c(-c6nc7ccccc7n6-c6c(C(C)C)cc(-c7ccccc7)cc6C(C)C)[c-]ccc5c4cc3cc2n1.[Ir]. The Morgan fingerprint density at radius 2 is 1.38 bits per heavy atom. The van der Waals surface area contributed by atoms with Crippen molar-refractivity contribution in [2.75, 3.05) is 0 Å². The van der Waals surface area contributed by atoms with Gasteiger partial charge in [-0.2, -0.15) is 0 Å². The number of nitrogens with zero attached hydrogens (tertiary/aromatic N) is 4. The standard InChI is InChI=1S/C45H36N3O.C14H16NSi.Ir/c1-26(2)36-21-32(29-12-7-6-8-13-29)22-37(27(3)4)43(36)48-41-17-10-9-16-39(41)47-45(48)35-15-11-14-34-38-23-33-24-40-30(19-18-28(5)46-40)20-31(33)25-42(38)49-44(34)35;1-16(2,3)13-9-10-14(15-11-13)12-7-5-4-6-8-12;/h6-14,16-27H,1-5H3;4-7,9-11H,1-3H3;/q2*-1;/i5D3;;. The number of aromatic nitrogens is 4. The summed E-state index contributed by atoms with van der Waals surface area (Å²) >= 11 is 0. The molecule has 0 aliphatic rings. The molecule has 0 spiro atoms. The van der Waals surface area contributed by atoms with E-state index in [0.717, 1.165) is 77.5 Å². The van der Waals surface area contributed by atoms with Crippen LogP contribution in [0.2, 0.25) is 19.6 Å². The fraction of sp³-hybridized carbons (Fsp3) is 0.169. The van der Waals surface area contributed by atoms with Crippen LogP contribution in [-0.4, -0.2) is 27.6 Å². The molecule has 0 aliphatic carbocycles. The fourth-order valence-corrected chi connectivity index (χ4v) is 9.89. The second-order valence-electron chi connectivity index (χ2n) is 18.5. The zero-order chi connectivity index (χ0) is 47.5. The number of para-hydroxylation sites is 2. The Bertz CT molecular complexity index is 3620. The van der Waals surface area contributed by atoms with Crippen molar-refractivity contribution in [3.8, 4) is 39.5 Å². The van der Waals surface area contributed by atoms with E-state index in [4.69, 9.17) is 13.5 Å². The molecule has 66 heavy (non-hydrogen) atoms. The number of hydrogen-bond acceptors (Lipinski definition) is 4. The van der Waals surface area contributed by atoms with E-state index in [2.05, 4.69) is 159 Å². The van der Waals surface area contributed by atoms with Crippen molar-refractivity contribution in [3.05, 3.63) is 187 Å². The quantitative estimate of drug-likeness (QED) is 0.0907. The summed E-state index contributed by atoms with van der Waals surface area (Å²) in [6.45, 7) is 13.8. The second-order valence-corrected chi connectivity index (χ2v) is 23.6. The van der Waals surface area contributed by atoms with Crippen LogP contribution < -0.4 is 5.19 Å². The Balaban J connectivity index is 0.000000296. The van der Waals surface area contributed by atoms with Crippen molar-refractivity contribution in [1.29, 1.82) is 0 Å². The molecule has 7 heteroatoms. The van der Waals surface area contributed by atoms with Gasteiger partial charge in [0.05, 0.1) is 36.0 Å². The molecule has 7 aromatic carbocycles. The van der Waals surface area contributed by atoms with Gasteiger partial charge in [0.2, 0.25) is 0 Å². The second kappa shape index (κ2) is 18.1. The predicted molar refractivity (Wildman–Crippen MR) is 275 cm³/mol. The summed E-state index contributed by atoms with van der Waals surface area (Å²) < 4.78 is 32.6. The van der Waals surface area contributed by atoms with E-state index in [1.165, 1.54) is 27.4 Å². The average molecular weight is 1060 g/mol. The van der Waals surface area contributed by atoms with Crippen LogP contribution in [0.15, 0.2) is 162 Å². The molecule has 11 rings (SSSR count). The van der Waals surface area contributed by atoms with Gasteiger partial charge in [0.1, 0.15) is 5.58 Å². The fourth-order valence-electron chi connectivity index (χ4n) is 8.86. The van der Waals surface area contributed by atoms with Gasteiger partial charge in [0, 0.05) is 52.6 Å². The topological polar surface area (TPSA) is 56.7 Å². The summed E-state index contributed by atoms with van der Waals surface area (Å²) in [6.07, 6.45) is 2.02. The smallest absolute Gasteiger partial charge is 0.121 e. The third-order valence-electron chi connectivity index (χ3n) is 12.3. The molecule has 1 radical (unpaired) electrons. The van der Waals surface area contributed by atoms with Crippen molar-refractivity contribution >= 4 is 67.9 Å². The summed E-state index contributed by atoms with van der Waals surface area (Å²) in [5.41, 5.74) is 13.0. The molecule has 11 aromatic rings. The van der Waals surface area contributed by atoms with Crippen LogP contribution in [0.1, 0.15) is 60.5 Å². The van der Waals surface area contributed by atoms with Gasteiger partial charge in [0.25, 0.3) is 0 Å². The van der Waals surface area contributed by atoms with Crippen molar-refractivity contribution in [3.63, 3.8) is 0 Å². The predicted octanol–water partition coefficient (Wildman–Crippen LogP) is 15.4. The number of benzene rings is 7. The molecule has 4 aromatic heterocycles. The Morgan fingerprint density at radius 3 is 2.08 bits per heavy atom. The normalized spacial score (nSPS) is 12.7. The molecule has 0 aliphatic heterocycles. The molecule has 0 N–H and O–H groups in total. The minimum absolute atomic E-state index is 0. The van der Waals surface area contributed by atoms with E-state index in [-0.39, 0.29) is 37.6 Å². The van der Waals surface area contributed by atoms with Crippen LogP contribution in [0.4, 0.5) is 0 Å². The van der Waals surface area contributed by atoms with Gasteiger partial charge in [0.15, 0.2) is 0 Å². The number of hydrogen-bond donors (Lipinski definition) is 0. The summed E-state index contributed by atoms with van der Waals surface area (Å²) in [5, 5.41) is 6.14. The molecule has 4 heterocycles. The monoisotopic (exact) mass is 1060 g/mol. The Hall–Kier alpha value is -6.50. The van der Waals surface area contributed by atoms with Crippen molar-refractivity contribution in [2.45, 2.75) is 66.0 Å². The van der Waals surface area contributed by atoms with Crippen LogP contribution in [0.25, 0.3) is 94.1 Å². The maximum atomic E-state index is 7.84. The van der Waals surface area contributed by atoms with Crippen LogP contribution >= 0.6 is 0 Å². The summed E-state index contributed by atoms with van der Waals surface area (Å²) in [6, 6.07) is 58.2. The van der Waals surface area contributed by atoms with E-state index in [9.17, 15) is 0 Å². The first-order valence-corrected chi connectivity index (χ1v) is 25.9. The first-order chi connectivity index (χ1) is 32.6. The molecule has 0 atom stereocenters. The molecule has 329 valence electrons. The minimum Gasteiger partial charge on any atom is -0.501 e. The van der Waals surface area contributed by atoms with Gasteiger partial charge in [-0.3, -0.25) is 9.97 Å². The zero-order valence-corrected chi connectivity index (χ0v) is 41.6. The van der Waals surface area contributed by atoms with Gasteiger partial charge < -0.3 is 14.0 Å². The number of aryl methyl sites for hydroxylation is 1. The first kappa shape index (κ1) is 41.0. The Kier molecular flexibility index (Phi) is 11.2. The Morgan fingerprint density at radius 1 is 0.636 bits per heavy atom. The maximum Gasteiger partial charge on any atom is 0.121 e. The van der Waals surface area contributed by atoms with Crippen LogP contribution in [0, 0.1) is 19.0 Å². The number of imidazole rings is 1. The van der Waals surface area contributed by atoms with Gasteiger partial charge in [-0.15, -0.1) is 54.1 Å². The average Bonchev–Trinajstić information content (AvgIpc) is 3.90. The molecule has 0 bridgehead atoms. The zero-order valence-electron chi connectivity index (χ0n) is 41.2. The van der Waals surface area contributed by atoms with Crippen LogP contribution in [-0.2, 0) is 20.1 Å². The van der Waals surface area contributed by atoms with E-state index in [1.54, 1.807) is 6.07 Å². The van der Waals surface area contributed by atoms with Gasteiger partial charge in [-0.05, 0) is 117 Å². The molecule has 0 saturated carbocycles. The van der Waals surface area contributed by atoms with Crippen molar-refractivity contribution < 1.29 is 28.6 Å². The summed E-state index contributed by atoms with van der Waals surface area (Å²) in [5.74, 6) is 1.26. The first-order valence-electron chi connectivity index (χ1n) is 23.9. The molecule has 5 nitrogen and oxygen atoms in total. The molecular weight excluding hydrogens is 1000 g/mol. The summed E-state index contributed by atoms with van der Waals surface area (Å²) in [4.78, 5) is 14.3. The summed E-state index contributed by atoms with van der Waals surface area (Å²) in [7, 11) is -1.23. The van der Waals surface area contributed by atoms with Crippen LogP contribution in [0.5, 0.6) is 0 Å². The van der Waals surface area contributed by atoms with Crippen molar-refractivity contribution in [2.24, 2.45) is 0 Å². The molecule has 0 unspecified atom stereocenters. The van der Waals surface area contributed by atoms with Crippen LogP contribution in [0.3, 0.4) is 0 Å². The van der Waals surface area contributed by atoms with Crippen molar-refractivity contribution in [1.82, 2.24) is 19.5 Å². The van der Waals surface area contributed by atoms with Gasteiger partial charge in [-0.1, -0.05) is 119 Å². The number of fused-ring (bicyclic) bond motifs is 6. The van der Waals surface area contributed by atoms with Gasteiger partial charge in [-0.25, -0.2) is 0 Å². The number of rotatable bonds is 7.